The third-order valence-corrected chi connectivity index (χ3v) is 10.3. The zero-order valence-corrected chi connectivity index (χ0v) is 29.4. The number of furan rings is 2. The van der Waals surface area contributed by atoms with Crippen LogP contribution in [0.4, 0.5) is 0 Å². The van der Waals surface area contributed by atoms with E-state index >= 15 is 0 Å². The Morgan fingerprint density at radius 3 is 2.24 bits per heavy atom. The van der Waals surface area contributed by atoms with E-state index in [-0.39, 0.29) is 28.7 Å². The van der Waals surface area contributed by atoms with E-state index in [2.05, 4.69) is 123 Å². The molecule has 0 fully saturated rings. The average Bonchev–Trinajstić information content (AvgIpc) is 3.82. The van der Waals surface area contributed by atoms with Gasteiger partial charge in [0.15, 0.2) is 33.4 Å². The predicted molar refractivity (Wildman–Crippen MR) is 208 cm³/mol. The molecule has 9 aromatic rings. The number of imidazole rings is 1. The van der Waals surface area contributed by atoms with Gasteiger partial charge in [-0.3, -0.25) is 4.98 Å². The van der Waals surface area contributed by atoms with Crippen LogP contribution in [0.3, 0.4) is 0 Å². The number of benzene rings is 4. The highest BCUT2D eigenvalue weighted by Crippen LogP contribution is 2.45. The van der Waals surface area contributed by atoms with E-state index in [0.29, 0.717) is 27.5 Å². The van der Waals surface area contributed by atoms with Crippen molar-refractivity contribution in [2.24, 2.45) is 7.05 Å². The van der Waals surface area contributed by atoms with Crippen molar-refractivity contribution in [3.05, 3.63) is 119 Å². The molecule has 6 nitrogen and oxygen atoms in total. The molecule has 0 aliphatic carbocycles. The fraction of sp³-hybridized carbons (Fsp3) is 0.222. The van der Waals surface area contributed by atoms with Gasteiger partial charge in [-0.25, -0.2) is 9.55 Å². The highest BCUT2D eigenvalue weighted by atomic mass is 16.3. The van der Waals surface area contributed by atoms with Crippen LogP contribution < -0.4 is 4.57 Å². The van der Waals surface area contributed by atoms with Gasteiger partial charge in [-0.2, -0.15) is 4.57 Å². The lowest BCUT2D eigenvalue weighted by Crippen LogP contribution is -2.30. The normalized spacial score (nSPS) is 14.5. The van der Waals surface area contributed by atoms with E-state index in [1.54, 1.807) is 6.20 Å². The zero-order chi connectivity index (χ0) is 40.3. The minimum atomic E-state index is -2.73. The molecule has 0 amide bonds. The molecule has 5 heterocycles. The van der Waals surface area contributed by atoms with E-state index in [1.807, 2.05) is 12.1 Å². The molecule has 9 rings (SSSR count). The Kier molecular flexibility index (Phi) is 5.64. The number of nitrogens with zero attached hydrogens (tertiary/aromatic N) is 4. The third-order valence-electron chi connectivity index (χ3n) is 10.3. The Bertz CT molecular complexity index is 3050. The summed E-state index contributed by atoms with van der Waals surface area (Å²) in [5, 5.41) is 1.49. The topological polar surface area (TPSA) is 60.9 Å². The molecule has 6 heteroatoms. The average molecular weight is 676 g/mol. The van der Waals surface area contributed by atoms with E-state index in [9.17, 15) is 0 Å². The van der Waals surface area contributed by atoms with E-state index in [4.69, 9.17) is 22.0 Å². The number of rotatable bonds is 5. The monoisotopic (exact) mass is 675 g/mol. The van der Waals surface area contributed by atoms with Crippen LogP contribution >= 0.6 is 0 Å². The van der Waals surface area contributed by atoms with Crippen molar-refractivity contribution in [3.63, 3.8) is 0 Å². The number of pyridine rings is 2. The van der Waals surface area contributed by atoms with Crippen molar-refractivity contribution in [3.8, 4) is 28.2 Å². The Morgan fingerprint density at radius 1 is 0.765 bits per heavy atom. The van der Waals surface area contributed by atoms with Crippen molar-refractivity contribution in [2.45, 2.75) is 60.2 Å². The summed E-state index contributed by atoms with van der Waals surface area (Å²) in [6.07, 6.45) is 1.54. The van der Waals surface area contributed by atoms with Gasteiger partial charge in [-0.15, -0.1) is 0 Å². The first kappa shape index (κ1) is 25.2. The first-order valence-electron chi connectivity index (χ1n) is 20.4. The van der Waals surface area contributed by atoms with Gasteiger partial charge in [0.05, 0.1) is 24.3 Å². The summed E-state index contributed by atoms with van der Waals surface area (Å²) in [5.41, 5.74) is 10.8. The van der Waals surface area contributed by atoms with Crippen molar-refractivity contribution >= 4 is 55.0 Å². The molecule has 252 valence electrons. The summed E-state index contributed by atoms with van der Waals surface area (Å²) in [6.45, 7) is 5.64. The summed E-state index contributed by atoms with van der Waals surface area (Å²) in [7, 11) is 2.08. The van der Waals surface area contributed by atoms with Gasteiger partial charge in [0.1, 0.15) is 16.8 Å². The number of aryl methyl sites for hydroxylation is 4. The van der Waals surface area contributed by atoms with Crippen LogP contribution in [0.1, 0.15) is 75.8 Å². The molecule has 0 unspecified atom stereocenters. The van der Waals surface area contributed by atoms with Crippen molar-refractivity contribution in [1.29, 1.82) is 0 Å². The maximum Gasteiger partial charge on any atom is 0.299 e. The third kappa shape index (κ3) is 4.59. The van der Waals surface area contributed by atoms with Gasteiger partial charge in [-0.1, -0.05) is 76.2 Å². The maximum absolute atomic E-state index is 8.21. The van der Waals surface area contributed by atoms with Gasteiger partial charge < -0.3 is 8.83 Å². The van der Waals surface area contributed by atoms with Gasteiger partial charge in [0.2, 0.25) is 0 Å². The van der Waals surface area contributed by atoms with Gasteiger partial charge in [-0.05, 0) is 85.6 Å². The number of hydrogen-bond donors (Lipinski definition) is 0. The molecule has 0 atom stereocenters. The first-order valence-corrected chi connectivity index (χ1v) is 17.4. The predicted octanol–water partition coefficient (Wildman–Crippen LogP) is 11.5. The molecule has 0 radical (unpaired) electrons. The lowest BCUT2D eigenvalue weighted by Gasteiger charge is -2.21. The van der Waals surface area contributed by atoms with Gasteiger partial charge in [0.25, 0.3) is 5.82 Å². The maximum atomic E-state index is 8.21. The van der Waals surface area contributed by atoms with Crippen LogP contribution in [0.5, 0.6) is 0 Å². The molecule has 0 bridgehead atoms. The van der Waals surface area contributed by atoms with E-state index in [0.717, 1.165) is 44.6 Å². The quantitative estimate of drug-likeness (QED) is 0.170. The van der Waals surface area contributed by atoms with Crippen LogP contribution in [0, 0.1) is 20.6 Å². The Hall–Kier alpha value is -5.75. The first-order chi connectivity index (χ1) is 27.0. The number of hydrogen-bond acceptors (Lipinski definition) is 4. The van der Waals surface area contributed by atoms with Gasteiger partial charge >= 0.3 is 0 Å². The summed E-state index contributed by atoms with van der Waals surface area (Å²) in [6, 6.07) is 29.0. The summed E-state index contributed by atoms with van der Waals surface area (Å²) in [4.78, 5) is 8.89. The van der Waals surface area contributed by atoms with Crippen molar-refractivity contribution in [1.82, 2.24) is 14.5 Å². The highest BCUT2D eigenvalue weighted by Gasteiger charge is 2.34. The molecule has 0 spiro atoms. The van der Waals surface area contributed by atoms with Crippen LogP contribution in [-0.4, -0.2) is 14.5 Å². The molecule has 51 heavy (non-hydrogen) atoms. The lowest BCUT2D eigenvalue weighted by atomic mass is 9.88. The SMILES string of the molecule is [2H]C([2H])([2H])c1cc2c(oc3cnc4c5ccc(C)c(-c6n(-c7c(C(C)C)cc(-c8ccccc8)cc7C(C)C)c7ccccc7[n+]6C)c5oc4c32)c(C([2H])([2H])[2H])n1. The molecule has 0 aliphatic rings. The second-order valence-corrected chi connectivity index (χ2v) is 14.1. The Labute approximate surface area is 305 Å². The number of para-hydroxylation sites is 2. The molecule has 5 aromatic heterocycles. The summed E-state index contributed by atoms with van der Waals surface area (Å²) in [5.74, 6) is 1.29. The molecule has 0 saturated heterocycles. The van der Waals surface area contributed by atoms with Crippen LogP contribution in [0.25, 0.3) is 83.2 Å². The number of fused-ring (bicyclic) bond motifs is 8. The number of aromatic nitrogens is 4. The lowest BCUT2D eigenvalue weighted by molar-refractivity contribution is -0.633. The standard InChI is InChI=1S/C45H41N4O2/c1-24(2)32-21-30(29-14-10-9-11-15-29)22-33(25(3)4)41(32)49-36-17-13-12-16-35(36)48(8)45(49)38-26(5)18-19-31-40-44(51-43(31)38)39-34-20-27(6)47-28(7)42(34)50-37(39)23-46-40/h9-25H,1-8H3/q+1/i6D3,7D3. The molecule has 0 N–H and O–H groups in total. The molecule has 0 aliphatic heterocycles. The molecule has 0 saturated carbocycles. The summed E-state index contributed by atoms with van der Waals surface area (Å²) >= 11 is 0. The largest absolute Gasteiger partial charge is 0.453 e. The Balaban J connectivity index is 1.41. The van der Waals surface area contributed by atoms with Crippen molar-refractivity contribution < 1.29 is 21.6 Å². The van der Waals surface area contributed by atoms with Crippen LogP contribution in [-0.2, 0) is 7.05 Å². The fourth-order valence-electron chi connectivity index (χ4n) is 7.82. The van der Waals surface area contributed by atoms with E-state index < -0.39 is 19.4 Å². The van der Waals surface area contributed by atoms with Gasteiger partial charge in [0, 0.05) is 35.8 Å². The minimum absolute atomic E-state index is 0.0166. The second-order valence-electron chi connectivity index (χ2n) is 14.1. The summed E-state index contributed by atoms with van der Waals surface area (Å²) < 4.78 is 66.7. The Morgan fingerprint density at radius 2 is 1.51 bits per heavy atom. The minimum Gasteiger partial charge on any atom is -0.453 e. The molecule has 4 aromatic carbocycles. The van der Waals surface area contributed by atoms with Crippen LogP contribution in [0.15, 0.2) is 100.0 Å². The second kappa shape index (κ2) is 11.4. The highest BCUT2D eigenvalue weighted by molar-refractivity contribution is 6.21. The molecular weight excluding hydrogens is 629 g/mol. The zero-order valence-electron chi connectivity index (χ0n) is 35.4. The molecular formula is C45H41N4O2+. The van der Waals surface area contributed by atoms with Crippen LogP contribution in [0.2, 0.25) is 0 Å². The fourth-order valence-corrected chi connectivity index (χ4v) is 7.82. The van der Waals surface area contributed by atoms with Crippen molar-refractivity contribution in [2.75, 3.05) is 0 Å². The smallest absolute Gasteiger partial charge is 0.299 e. The van der Waals surface area contributed by atoms with E-state index in [1.165, 1.54) is 22.8 Å².